The Morgan fingerprint density at radius 2 is 1.08 bits per heavy atom. The molecule has 0 amide bonds. The van der Waals surface area contributed by atoms with Gasteiger partial charge in [-0.2, -0.15) is 0 Å². The Bertz CT molecular complexity index is 2040. The Hall–Kier alpha value is -4.36. The van der Waals surface area contributed by atoms with Crippen LogP contribution in [-0.4, -0.2) is 0 Å². The van der Waals surface area contributed by atoms with Crippen LogP contribution in [0.3, 0.4) is 0 Å². The monoisotopic (exact) mass is 657 g/mol. The fourth-order valence-electron chi connectivity index (χ4n) is 9.10. The topological polar surface area (TPSA) is 12.0 Å². The number of rotatable bonds is 15. The molecule has 7 rings (SSSR count). The summed E-state index contributed by atoms with van der Waals surface area (Å²) in [4.78, 5) is 0. The number of anilines is 2. The van der Waals surface area contributed by atoms with Crippen LogP contribution in [0.15, 0.2) is 121 Å². The Kier molecular flexibility index (Phi) is 10.4. The van der Waals surface area contributed by atoms with Gasteiger partial charge >= 0.3 is 0 Å². The number of benzene rings is 6. The van der Waals surface area contributed by atoms with Crippen LogP contribution < -0.4 is 5.32 Å². The van der Waals surface area contributed by atoms with Gasteiger partial charge in [0.05, 0.1) is 0 Å². The molecule has 0 saturated heterocycles. The predicted molar refractivity (Wildman–Crippen MR) is 219 cm³/mol. The largest absolute Gasteiger partial charge is 0.355 e. The van der Waals surface area contributed by atoms with E-state index in [-0.39, 0.29) is 5.41 Å². The Balaban J connectivity index is 1.42. The maximum Gasteiger partial charge on any atom is 0.0463 e. The Morgan fingerprint density at radius 3 is 1.74 bits per heavy atom. The highest BCUT2D eigenvalue weighted by Crippen LogP contribution is 2.57. The van der Waals surface area contributed by atoms with E-state index in [1.54, 1.807) is 5.56 Å². The van der Waals surface area contributed by atoms with Gasteiger partial charge in [0, 0.05) is 22.2 Å². The van der Waals surface area contributed by atoms with E-state index in [9.17, 15) is 0 Å². The van der Waals surface area contributed by atoms with Gasteiger partial charge in [0.15, 0.2) is 0 Å². The first kappa shape index (κ1) is 34.1. The molecule has 0 heterocycles. The lowest BCUT2D eigenvalue weighted by Crippen LogP contribution is -2.31. The maximum atomic E-state index is 3.90. The third kappa shape index (κ3) is 6.60. The second kappa shape index (κ2) is 15.3. The zero-order chi connectivity index (χ0) is 34.5. The first-order valence-electron chi connectivity index (χ1n) is 19.6. The van der Waals surface area contributed by atoms with Crippen molar-refractivity contribution in [1.82, 2.24) is 0 Å². The van der Waals surface area contributed by atoms with Crippen molar-refractivity contribution in [2.24, 2.45) is 11.8 Å². The fraction of sp³-hybridized carbons (Fsp3) is 0.347. The lowest BCUT2D eigenvalue weighted by atomic mass is 9.65. The van der Waals surface area contributed by atoms with E-state index in [0.29, 0.717) is 11.8 Å². The lowest BCUT2D eigenvalue weighted by molar-refractivity contribution is 0.266. The molecule has 1 heteroatoms. The van der Waals surface area contributed by atoms with Crippen molar-refractivity contribution in [3.05, 3.63) is 132 Å². The van der Waals surface area contributed by atoms with E-state index in [1.165, 1.54) is 125 Å². The SMILES string of the molecule is CCCCC(CC)CC1(CC(CC)CCCC)c2cc(Nc3cccc4ccccc34)ccc2-c2ccc(-c3cccc4ccccc34)cc21. The summed E-state index contributed by atoms with van der Waals surface area (Å²) in [6, 6.07) is 45.8. The predicted octanol–water partition coefficient (Wildman–Crippen LogP) is 14.9. The molecule has 2 unspecified atom stereocenters. The Labute approximate surface area is 301 Å². The van der Waals surface area contributed by atoms with Gasteiger partial charge in [-0.05, 0) is 98.5 Å². The molecule has 0 saturated carbocycles. The fourth-order valence-corrected chi connectivity index (χ4v) is 9.10. The second-order valence-electron chi connectivity index (χ2n) is 15.0. The molecule has 1 aliphatic carbocycles. The summed E-state index contributed by atoms with van der Waals surface area (Å²) in [6.45, 7) is 9.57. The number of nitrogens with one attached hydrogen (secondary N) is 1. The molecular weight excluding hydrogens is 603 g/mol. The van der Waals surface area contributed by atoms with Crippen molar-refractivity contribution in [2.75, 3.05) is 5.32 Å². The van der Waals surface area contributed by atoms with Crippen LogP contribution in [0.25, 0.3) is 43.8 Å². The van der Waals surface area contributed by atoms with E-state index < -0.39 is 0 Å². The summed E-state index contributed by atoms with van der Waals surface area (Å²) in [5.41, 5.74) is 11.0. The van der Waals surface area contributed by atoms with Crippen molar-refractivity contribution >= 4 is 32.9 Å². The molecular formula is C49H55N. The summed E-state index contributed by atoms with van der Waals surface area (Å²) < 4.78 is 0. The van der Waals surface area contributed by atoms with E-state index in [2.05, 4.69) is 154 Å². The molecule has 1 nitrogen and oxygen atoms in total. The molecule has 50 heavy (non-hydrogen) atoms. The first-order chi connectivity index (χ1) is 24.6. The summed E-state index contributed by atoms with van der Waals surface area (Å²) in [5, 5.41) is 9.08. The summed E-state index contributed by atoms with van der Waals surface area (Å²) in [7, 11) is 0. The molecule has 0 aliphatic heterocycles. The average Bonchev–Trinajstić information content (AvgIpc) is 3.42. The molecule has 0 aromatic heterocycles. The summed E-state index contributed by atoms with van der Waals surface area (Å²) >= 11 is 0. The minimum atomic E-state index is -0.0372. The van der Waals surface area contributed by atoms with Crippen molar-refractivity contribution in [3.8, 4) is 22.3 Å². The molecule has 1 aliphatic rings. The summed E-state index contributed by atoms with van der Waals surface area (Å²) in [5.74, 6) is 1.38. The van der Waals surface area contributed by atoms with Gasteiger partial charge in [-0.3, -0.25) is 0 Å². The van der Waals surface area contributed by atoms with Gasteiger partial charge in [-0.1, -0.05) is 176 Å². The highest BCUT2D eigenvalue weighted by atomic mass is 14.9. The maximum absolute atomic E-state index is 3.90. The van der Waals surface area contributed by atoms with Gasteiger partial charge in [0.25, 0.3) is 0 Å². The van der Waals surface area contributed by atoms with Crippen LogP contribution in [0, 0.1) is 11.8 Å². The van der Waals surface area contributed by atoms with Gasteiger partial charge in [0.2, 0.25) is 0 Å². The van der Waals surface area contributed by atoms with Crippen LogP contribution in [-0.2, 0) is 5.41 Å². The van der Waals surface area contributed by atoms with Crippen molar-refractivity contribution < 1.29 is 0 Å². The van der Waals surface area contributed by atoms with Crippen molar-refractivity contribution in [1.29, 1.82) is 0 Å². The third-order valence-corrected chi connectivity index (χ3v) is 11.9. The van der Waals surface area contributed by atoms with Crippen LogP contribution in [0.2, 0.25) is 0 Å². The molecule has 6 aromatic carbocycles. The van der Waals surface area contributed by atoms with Crippen LogP contribution in [0.4, 0.5) is 11.4 Å². The normalized spacial score (nSPS) is 16.3. The van der Waals surface area contributed by atoms with Gasteiger partial charge in [-0.15, -0.1) is 0 Å². The van der Waals surface area contributed by atoms with Gasteiger partial charge < -0.3 is 5.32 Å². The van der Waals surface area contributed by atoms with E-state index in [0.717, 1.165) is 0 Å². The van der Waals surface area contributed by atoms with E-state index in [4.69, 9.17) is 0 Å². The first-order valence-corrected chi connectivity index (χ1v) is 19.6. The minimum absolute atomic E-state index is 0.0372. The van der Waals surface area contributed by atoms with E-state index >= 15 is 0 Å². The standard InChI is InChI=1S/C49H55N/c1-5-9-17-35(7-3)33-49(34-36(8-4)18-10-6-2)46-31-39(42-25-15-21-37-19-11-13-23-41(37)42)27-29-44(46)45-30-28-40(32-47(45)49)50-48-26-16-22-38-20-12-14-24-43(38)48/h11-16,19-32,35-36,50H,5-10,17-18,33-34H2,1-4H3. The molecule has 0 bridgehead atoms. The lowest BCUT2D eigenvalue weighted by Gasteiger charge is -2.39. The zero-order valence-corrected chi connectivity index (χ0v) is 30.8. The zero-order valence-electron chi connectivity index (χ0n) is 30.8. The van der Waals surface area contributed by atoms with E-state index in [1.807, 2.05) is 0 Å². The molecule has 1 N–H and O–H groups in total. The smallest absolute Gasteiger partial charge is 0.0463 e. The quantitative estimate of drug-likeness (QED) is 0.116. The van der Waals surface area contributed by atoms with Crippen LogP contribution >= 0.6 is 0 Å². The average molecular weight is 658 g/mol. The molecule has 6 aromatic rings. The number of hydrogen-bond donors (Lipinski definition) is 1. The highest BCUT2D eigenvalue weighted by molar-refractivity contribution is 5.98. The number of fused-ring (bicyclic) bond motifs is 5. The van der Waals surface area contributed by atoms with Crippen molar-refractivity contribution in [3.63, 3.8) is 0 Å². The molecule has 0 spiro atoms. The van der Waals surface area contributed by atoms with Crippen LogP contribution in [0.1, 0.15) is 103 Å². The molecule has 0 radical (unpaired) electrons. The van der Waals surface area contributed by atoms with Gasteiger partial charge in [-0.25, -0.2) is 0 Å². The third-order valence-electron chi connectivity index (χ3n) is 11.9. The Morgan fingerprint density at radius 1 is 0.520 bits per heavy atom. The highest BCUT2D eigenvalue weighted by Gasteiger charge is 2.45. The molecule has 256 valence electrons. The number of unbranched alkanes of at least 4 members (excludes halogenated alkanes) is 2. The van der Waals surface area contributed by atoms with Crippen molar-refractivity contribution in [2.45, 2.75) is 97.3 Å². The van der Waals surface area contributed by atoms with Gasteiger partial charge in [0.1, 0.15) is 0 Å². The van der Waals surface area contributed by atoms with Crippen LogP contribution in [0.5, 0.6) is 0 Å². The number of hydrogen-bond acceptors (Lipinski definition) is 1. The second-order valence-corrected chi connectivity index (χ2v) is 15.0. The minimum Gasteiger partial charge on any atom is -0.355 e. The molecule has 2 atom stereocenters. The summed E-state index contributed by atoms with van der Waals surface area (Å²) in [6.07, 6.45) is 12.6. The molecule has 0 fully saturated rings.